The number of alkyl halides is 2. The van der Waals surface area contributed by atoms with E-state index in [1.54, 1.807) is 24.3 Å². The molecule has 0 spiro atoms. The zero-order valence-corrected chi connectivity index (χ0v) is 9.74. The van der Waals surface area contributed by atoms with Crippen LogP contribution in [-0.4, -0.2) is 18.0 Å². The van der Waals surface area contributed by atoms with Crippen molar-refractivity contribution in [1.29, 1.82) is 0 Å². The second-order valence-corrected chi connectivity index (χ2v) is 4.14. The summed E-state index contributed by atoms with van der Waals surface area (Å²) < 4.78 is 23.9. The summed E-state index contributed by atoms with van der Waals surface area (Å²) >= 11 is 0. The van der Waals surface area contributed by atoms with Gasteiger partial charge in [-0.1, -0.05) is 38.1 Å². The van der Waals surface area contributed by atoms with Crippen LogP contribution in [0.2, 0.25) is 0 Å². The Hall–Kier alpha value is -1.58. The van der Waals surface area contributed by atoms with Gasteiger partial charge in [0.2, 0.25) is 5.78 Å². The van der Waals surface area contributed by atoms with Crippen LogP contribution in [0.5, 0.6) is 0 Å². The molecule has 1 aromatic rings. The molecule has 0 aliphatic carbocycles. The summed E-state index contributed by atoms with van der Waals surface area (Å²) in [6.07, 6.45) is -3.81. The molecule has 0 bridgehead atoms. The molecule has 0 unspecified atom stereocenters. The number of benzene rings is 1. The van der Waals surface area contributed by atoms with E-state index >= 15 is 0 Å². The number of rotatable bonds is 5. The van der Waals surface area contributed by atoms with Gasteiger partial charge in [-0.15, -0.1) is 0 Å². The molecule has 4 heteroatoms. The molecule has 0 aliphatic heterocycles. The number of ketones is 2. The van der Waals surface area contributed by atoms with Crippen LogP contribution < -0.4 is 0 Å². The van der Waals surface area contributed by atoms with Gasteiger partial charge in [-0.3, -0.25) is 9.59 Å². The lowest BCUT2D eigenvalue weighted by molar-refractivity contribution is -0.128. The van der Waals surface area contributed by atoms with Crippen LogP contribution in [0.1, 0.15) is 42.1 Å². The molecule has 17 heavy (non-hydrogen) atoms. The maximum absolute atomic E-state index is 12.0. The van der Waals surface area contributed by atoms with E-state index in [0.29, 0.717) is 11.5 Å². The van der Waals surface area contributed by atoms with E-state index in [-0.39, 0.29) is 0 Å². The van der Waals surface area contributed by atoms with Crippen LogP contribution in [0.15, 0.2) is 24.3 Å². The standard InChI is InChI=1S/C13H14F2O2/c1-8(2)9-3-5-10(6-4-9)11(16)7-12(17)13(14)15/h3-6,8,13H,7H2,1-2H3. The maximum Gasteiger partial charge on any atom is 0.296 e. The van der Waals surface area contributed by atoms with Crippen LogP contribution in [-0.2, 0) is 4.79 Å². The predicted molar refractivity (Wildman–Crippen MR) is 60.5 cm³/mol. The van der Waals surface area contributed by atoms with Gasteiger partial charge in [0.15, 0.2) is 5.78 Å². The second-order valence-electron chi connectivity index (χ2n) is 4.14. The van der Waals surface area contributed by atoms with Crippen LogP contribution in [0.3, 0.4) is 0 Å². The summed E-state index contributed by atoms with van der Waals surface area (Å²) in [4.78, 5) is 22.2. The summed E-state index contributed by atoms with van der Waals surface area (Å²) in [6.45, 7) is 4.02. The molecule has 0 saturated heterocycles. The minimum atomic E-state index is -3.08. The van der Waals surface area contributed by atoms with Crippen molar-refractivity contribution in [2.24, 2.45) is 0 Å². The Balaban J connectivity index is 2.73. The largest absolute Gasteiger partial charge is 0.296 e. The zero-order chi connectivity index (χ0) is 13.0. The van der Waals surface area contributed by atoms with Crippen molar-refractivity contribution in [2.45, 2.75) is 32.6 Å². The van der Waals surface area contributed by atoms with E-state index in [2.05, 4.69) is 0 Å². The molecule has 0 aliphatic rings. The summed E-state index contributed by atoms with van der Waals surface area (Å²) in [5.41, 5.74) is 1.35. The van der Waals surface area contributed by atoms with E-state index in [1.807, 2.05) is 13.8 Å². The Bertz CT molecular complexity index is 408. The molecule has 0 aromatic heterocycles. The monoisotopic (exact) mass is 240 g/mol. The molecule has 0 radical (unpaired) electrons. The Kier molecular flexibility index (Phi) is 4.49. The molecule has 92 valence electrons. The topological polar surface area (TPSA) is 34.1 Å². The Morgan fingerprint density at radius 3 is 2.06 bits per heavy atom. The third-order valence-corrected chi connectivity index (χ3v) is 2.48. The molecule has 0 heterocycles. The third kappa shape index (κ3) is 3.73. The van der Waals surface area contributed by atoms with Crippen molar-refractivity contribution in [3.8, 4) is 0 Å². The van der Waals surface area contributed by atoms with Crippen LogP contribution >= 0.6 is 0 Å². The lowest BCUT2D eigenvalue weighted by atomic mass is 9.99. The van der Waals surface area contributed by atoms with E-state index in [4.69, 9.17) is 0 Å². The summed E-state index contributed by atoms with van der Waals surface area (Å²) in [5, 5.41) is 0. The van der Waals surface area contributed by atoms with Crippen LogP contribution in [0.25, 0.3) is 0 Å². The molecule has 0 N–H and O–H groups in total. The Labute approximate surface area is 98.6 Å². The molecular formula is C13H14F2O2. The highest BCUT2D eigenvalue weighted by Crippen LogP contribution is 2.16. The van der Waals surface area contributed by atoms with Crippen molar-refractivity contribution in [1.82, 2.24) is 0 Å². The average Bonchev–Trinajstić information content (AvgIpc) is 2.28. The first-order chi connectivity index (χ1) is 7.91. The summed E-state index contributed by atoms with van der Waals surface area (Å²) in [5.74, 6) is -1.56. The fourth-order valence-corrected chi connectivity index (χ4v) is 1.39. The fraction of sp³-hybridized carbons (Fsp3) is 0.385. The SMILES string of the molecule is CC(C)c1ccc(C(=O)CC(=O)C(F)F)cc1. The lowest BCUT2D eigenvalue weighted by Crippen LogP contribution is -2.15. The maximum atomic E-state index is 12.0. The Morgan fingerprint density at radius 1 is 1.12 bits per heavy atom. The van der Waals surface area contributed by atoms with Crippen LogP contribution in [0.4, 0.5) is 8.78 Å². The average molecular weight is 240 g/mol. The van der Waals surface area contributed by atoms with Crippen molar-refractivity contribution in [3.63, 3.8) is 0 Å². The first-order valence-electron chi connectivity index (χ1n) is 5.36. The third-order valence-electron chi connectivity index (χ3n) is 2.48. The molecule has 0 fully saturated rings. The minimum absolute atomic E-state index is 0.295. The highest BCUT2D eigenvalue weighted by Gasteiger charge is 2.19. The molecule has 1 rings (SSSR count). The normalized spacial score (nSPS) is 10.9. The van der Waals surface area contributed by atoms with Crippen LogP contribution in [0, 0.1) is 0 Å². The van der Waals surface area contributed by atoms with E-state index in [1.165, 1.54) is 0 Å². The summed E-state index contributed by atoms with van der Waals surface area (Å²) in [6, 6.07) is 6.67. The van der Waals surface area contributed by atoms with Gasteiger partial charge < -0.3 is 0 Å². The van der Waals surface area contributed by atoms with Gasteiger partial charge in [-0.2, -0.15) is 0 Å². The van der Waals surface area contributed by atoms with Gasteiger partial charge in [-0.25, -0.2) is 8.78 Å². The van der Waals surface area contributed by atoms with Crippen molar-refractivity contribution in [3.05, 3.63) is 35.4 Å². The fourth-order valence-electron chi connectivity index (χ4n) is 1.39. The zero-order valence-electron chi connectivity index (χ0n) is 9.74. The number of hydrogen-bond donors (Lipinski definition) is 0. The van der Waals surface area contributed by atoms with Gasteiger partial charge in [0.25, 0.3) is 6.43 Å². The molecule has 1 aromatic carbocycles. The molecular weight excluding hydrogens is 226 g/mol. The summed E-state index contributed by atoms with van der Waals surface area (Å²) in [7, 11) is 0. The first-order valence-corrected chi connectivity index (χ1v) is 5.36. The smallest absolute Gasteiger partial charge is 0.294 e. The first kappa shape index (κ1) is 13.5. The Morgan fingerprint density at radius 2 is 1.65 bits per heavy atom. The van der Waals surface area contributed by atoms with E-state index < -0.39 is 24.4 Å². The van der Waals surface area contributed by atoms with Crippen molar-refractivity contribution >= 4 is 11.6 Å². The second kappa shape index (κ2) is 5.66. The van der Waals surface area contributed by atoms with Crippen molar-refractivity contribution in [2.75, 3.05) is 0 Å². The highest BCUT2D eigenvalue weighted by molar-refractivity contribution is 6.08. The number of halogens is 2. The quantitative estimate of drug-likeness (QED) is 0.585. The van der Waals surface area contributed by atoms with E-state index in [9.17, 15) is 18.4 Å². The van der Waals surface area contributed by atoms with Gasteiger partial charge in [0.05, 0.1) is 6.42 Å². The number of hydrogen-bond acceptors (Lipinski definition) is 2. The highest BCUT2D eigenvalue weighted by atomic mass is 19.3. The van der Waals surface area contributed by atoms with E-state index in [0.717, 1.165) is 5.56 Å². The van der Waals surface area contributed by atoms with Gasteiger partial charge in [-0.05, 0) is 11.5 Å². The van der Waals surface area contributed by atoms with Gasteiger partial charge >= 0.3 is 0 Å². The molecule has 0 saturated carbocycles. The number of carbonyl (C=O) groups excluding carboxylic acids is 2. The van der Waals surface area contributed by atoms with Gasteiger partial charge in [0.1, 0.15) is 0 Å². The lowest BCUT2D eigenvalue weighted by Gasteiger charge is -2.06. The number of Topliss-reactive ketones (excluding diaryl/α,β-unsaturated/α-hetero) is 2. The molecule has 0 amide bonds. The van der Waals surface area contributed by atoms with Gasteiger partial charge in [0, 0.05) is 5.56 Å². The van der Waals surface area contributed by atoms with Crippen molar-refractivity contribution < 1.29 is 18.4 Å². The molecule has 0 atom stereocenters. The minimum Gasteiger partial charge on any atom is -0.294 e. The molecule has 2 nitrogen and oxygen atoms in total. The predicted octanol–water partition coefficient (Wildman–Crippen LogP) is 3.22. The number of carbonyl (C=O) groups is 2.